The van der Waals surface area contributed by atoms with E-state index in [0.29, 0.717) is 24.7 Å². The van der Waals surface area contributed by atoms with Crippen LogP contribution in [-0.2, 0) is 4.79 Å². The summed E-state index contributed by atoms with van der Waals surface area (Å²) in [6.07, 6.45) is 5.54. The third kappa shape index (κ3) is 3.69. The van der Waals surface area contributed by atoms with Crippen molar-refractivity contribution in [3.8, 4) is 11.6 Å². The Hall–Kier alpha value is -2.70. The van der Waals surface area contributed by atoms with Crippen LogP contribution < -0.4 is 9.47 Å². The number of hydrogen-bond donors (Lipinski definition) is 0. The van der Waals surface area contributed by atoms with Gasteiger partial charge in [0.25, 0.3) is 5.91 Å². The monoisotopic (exact) mass is 300 g/mol. The smallest absolute Gasteiger partial charge is 0.260 e. The van der Waals surface area contributed by atoms with Gasteiger partial charge in [-0.25, -0.2) is 0 Å². The Morgan fingerprint density at radius 1 is 1.32 bits per heavy atom. The van der Waals surface area contributed by atoms with E-state index in [1.54, 1.807) is 47.8 Å². The minimum absolute atomic E-state index is 0.00353. The van der Waals surface area contributed by atoms with Crippen LogP contribution in [0.25, 0.3) is 0 Å². The molecule has 0 aromatic carbocycles. The fraction of sp³-hybridized carbons (Fsp3) is 0.333. The average Bonchev–Trinajstić information content (AvgIpc) is 3.03. The normalized spacial score (nSPS) is 17.3. The standard InChI is InChI=1S/C15H16N4O3/c20-15(11-21-12-3-1-6-16-9-12)19-8-5-13(10-19)22-14-4-2-7-17-18-14/h1-4,6-7,9,13H,5,8,10-11H2. The Balaban J connectivity index is 1.46. The summed E-state index contributed by atoms with van der Waals surface area (Å²) in [4.78, 5) is 17.8. The zero-order valence-corrected chi connectivity index (χ0v) is 12.0. The van der Waals surface area contributed by atoms with Crippen molar-refractivity contribution in [3.63, 3.8) is 0 Å². The quantitative estimate of drug-likeness (QED) is 0.817. The lowest BCUT2D eigenvalue weighted by Gasteiger charge is -2.17. The Bertz CT molecular complexity index is 609. The van der Waals surface area contributed by atoms with Crippen LogP contribution in [0.2, 0.25) is 0 Å². The van der Waals surface area contributed by atoms with Gasteiger partial charge in [0.2, 0.25) is 5.88 Å². The SMILES string of the molecule is O=C(COc1cccnc1)N1CCC(Oc2cccnn2)C1. The second-order valence-corrected chi connectivity index (χ2v) is 4.91. The summed E-state index contributed by atoms with van der Waals surface area (Å²) in [6.45, 7) is 1.19. The maximum Gasteiger partial charge on any atom is 0.260 e. The number of ether oxygens (including phenoxy) is 2. The highest BCUT2D eigenvalue weighted by Crippen LogP contribution is 2.16. The van der Waals surface area contributed by atoms with Crippen LogP contribution in [0, 0.1) is 0 Å². The third-order valence-electron chi connectivity index (χ3n) is 3.33. The molecule has 1 aliphatic heterocycles. The molecule has 3 rings (SSSR count). The third-order valence-corrected chi connectivity index (χ3v) is 3.33. The van der Waals surface area contributed by atoms with Gasteiger partial charge in [-0.3, -0.25) is 9.78 Å². The van der Waals surface area contributed by atoms with E-state index in [9.17, 15) is 4.79 Å². The van der Waals surface area contributed by atoms with Crippen molar-refractivity contribution in [2.45, 2.75) is 12.5 Å². The molecule has 0 saturated carbocycles. The van der Waals surface area contributed by atoms with Gasteiger partial charge in [0.1, 0.15) is 11.9 Å². The van der Waals surface area contributed by atoms with Crippen LogP contribution in [0.15, 0.2) is 42.9 Å². The van der Waals surface area contributed by atoms with Gasteiger partial charge in [0, 0.05) is 31.4 Å². The second kappa shape index (κ2) is 6.84. The van der Waals surface area contributed by atoms with Crippen molar-refractivity contribution in [3.05, 3.63) is 42.9 Å². The Morgan fingerprint density at radius 3 is 3.00 bits per heavy atom. The van der Waals surface area contributed by atoms with Gasteiger partial charge in [-0.2, -0.15) is 5.10 Å². The number of likely N-dealkylation sites (tertiary alicyclic amines) is 1. The predicted molar refractivity (Wildman–Crippen MR) is 77.4 cm³/mol. The first kappa shape index (κ1) is 14.2. The van der Waals surface area contributed by atoms with E-state index >= 15 is 0 Å². The molecule has 3 heterocycles. The number of amides is 1. The Morgan fingerprint density at radius 2 is 2.23 bits per heavy atom. The number of aromatic nitrogens is 3. The lowest BCUT2D eigenvalue weighted by molar-refractivity contribution is -0.132. The second-order valence-electron chi connectivity index (χ2n) is 4.91. The number of carbonyl (C=O) groups is 1. The first-order chi connectivity index (χ1) is 10.8. The predicted octanol–water partition coefficient (Wildman–Crippen LogP) is 0.930. The largest absolute Gasteiger partial charge is 0.482 e. The minimum Gasteiger partial charge on any atom is -0.482 e. The molecule has 0 bridgehead atoms. The molecule has 1 unspecified atom stereocenters. The number of nitrogens with zero attached hydrogens (tertiary/aromatic N) is 4. The molecule has 22 heavy (non-hydrogen) atoms. The summed E-state index contributed by atoms with van der Waals surface area (Å²) in [5.41, 5.74) is 0. The molecule has 7 heteroatoms. The molecule has 1 saturated heterocycles. The molecule has 2 aromatic rings. The maximum atomic E-state index is 12.1. The molecule has 2 aromatic heterocycles. The van der Waals surface area contributed by atoms with Gasteiger partial charge in [-0.1, -0.05) is 0 Å². The highest BCUT2D eigenvalue weighted by atomic mass is 16.5. The van der Waals surface area contributed by atoms with Crippen LogP contribution in [0.4, 0.5) is 0 Å². The maximum absolute atomic E-state index is 12.1. The van der Waals surface area contributed by atoms with Crippen molar-refractivity contribution in [1.82, 2.24) is 20.1 Å². The number of pyridine rings is 1. The molecule has 1 fully saturated rings. The van der Waals surface area contributed by atoms with Gasteiger partial charge in [0.05, 0.1) is 12.7 Å². The lowest BCUT2D eigenvalue weighted by atomic mass is 10.3. The minimum atomic E-state index is -0.0610. The van der Waals surface area contributed by atoms with E-state index in [4.69, 9.17) is 9.47 Å². The summed E-state index contributed by atoms with van der Waals surface area (Å²) in [5, 5.41) is 7.64. The van der Waals surface area contributed by atoms with E-state index < -0.39 is 0 Å². The van der Waals surface area contributed by atoms with E-state index in [-0.39, 0.29) is 18.6 Å². The first-order valence-corrected chi connectivity index (χ1v) is 7.06. The first-order valence-electron chi connectivity index (χ1n) is 7.06. The van der Waals surface area contributed by atoms with Crippen LogP contribution >= 0.6 is 0 Å². The zero-order valence-electron chi connectivity index (χ0n) is 12.0. The van der Waals surface area contributed by atoms with Gasteiger partial charge >= 0.3 is 0 Å². The van der Waals surface area contributed by atoms with E-state index in [1.807, 2.05) is 0 Å². The van der Waals surface area contributed by atoms with E-state index in [1.165, 1.54) is 0 Å². The molecule has 0 radical (unpaired) electrons. The number of carbonyl (C=O) groups excluding carboxylic acids is 1. The van der Waals surface area contributed by atoms with Crippen LogP contribution in [0.3, 0.4) is 0 Å². The zero-order chi connectivity index (χ0) is 15.2. The fourth-order valence-electron chi connectivity index (χ4n) is 2.24. The fourth-order valence-corrected chi connectivity index (χ4v) is 2.24. The highest BCUT2D eigenvalue weighted by Gasteiger charge is 2.28. The van der Waals surface area contributed by atoms with Crippen molar-refractivity contribution >= 4 is 5.91 Å². The number of rotatable bonds is 5. The van der Waals surface area contributed by atoms with E-state index in [2.05, 4.69) is 15.2 Å². The lowest BCUT2D eigenvalue weighted by Crippen LogP contribution is -2.34. The number of hydrogen-bond acceptors (Lipinski definition) is 6. The topological polar surface area (TPSA) is 77.4 Å². The van der Waals surface area contributed by atoms with Crippen molar-refractivity contribution in [2.24, 2.45) is 0 Å². The van der Waals surface area contributed by atoms with Crippen molar-refractivity contribution < 1.29 is 14.3 Å². The molecular formula is C15H16N4O3. The molecule has 114 valence electrons. The molecule has 0 N–H and O–H groups in total. The molecule has 1 aliphatic rings. The van der Waals surface area contributed by atoms with E-state index in [0.717, 1.165) is 6.42 Å². The Labute approximate surface area is 127 Å². The van der Waals surface area contributed by atoms with Gasteiger partial charge in [0.15, 0.2) is 6.61 Å². The van der Waals surface area contributed by atoms with Crippen LogP contribution in [0.1, 0.15) is 6.42 Å². The summed E-state index contributed by atoms with van der Waals surface area (Å²) < 4.78 is 11.1. The highest BCUT2D eigenvalue weighted by molar-refractivity contribution is 5.78. The van der Waals surface area contributed by atoms with Gasteiger partial charge in [-0.15, -0.1) is 5.10 Å². The summed E-state index contributed by atoms with van der Waals surface area (Å²) in [5.74, 6) is 1.00. The van der Waals surface area contributed by atoms with Gasteiger partial charge < -0.3 is 14.4 Å². The molecule has 0 aliphatic carbocycles. The molecule has 0 spiro atoms. The van der Waals surface area contributed by atoms with Crippen LogP contribution in [0.5, 0.6) is 11.6 Å². The Kier molecular flexibility index (Phi) is 4.43. The summed E-state index contributed by atoms with van der Waals surface area (Å²) in [7, 11) is 0. The molecule has 1 amide bonds. The van der Waals surface area contributed by atoms with Crippen molar-refractivity contribution in [1.29, 1.82) is 0 Å². The van der Waals surface area contributed by atoms with Crippen LogP contribution in [-0.4, -0.2) is 51.8 Å². The van der Waals surface area contributed by atoms with Gasteiger partial charge in [-0.05, 0) is 18.2 Å². The average molecular weight is 300 g/mol. The molecular weight excluding hydrogens is 284 g/mol. The summed E-state index contributed by atoms with van der Waals surface area (Å²) in [6, 6.07) is 7.05. The molecule has 1 atom stereocenters. The van der Waals surface area contributed by atoms with Crippen molar-refractivity contribution in [2.75, 3.05) is 19.7 Å². The summed E-state index contributed by atoms with van der Waals surface area (Å²) >= 11 is 0. The molecule has 7 nitrogen and oxygen atoms in total.